The number of hydrogen-bond donors (Lipinski definition) is 2. The summed E-state index contributed by atoms with van der Waals surface area (Å²) < 4.78 is 7.25. The molecule has 0 bridgehead atoms. The summed E-state index contributed by atoms with van der Waals surface area (Å²) in [5, 5.41) is 17.9. The molecule has 2 N–H and O–H groups in total. The summed E-state index contributed by atoms with van der Waals surface area (Å²) in [6.45, 7) is 4.96. The van der Waals surface area contributed by atoms with Crippen LogP contribution in [0.15, 0.2) is 0 Å². The van der Waals surface area contributed by atoms with E-state index < -0.39 is 11.9 Å². The lowest BCUT2D eigenvalue weighted by atomic mass is 10.1. The lowest BCUT2D eigenvalue weighted by molar-refractivity contribution is -0.509. The van der Waals surface area contributed by atoms with E-state index in [9.17, 15) is 9.59 Å². The first-order valence-corrected chi connectivity index (χ1v) is 9.38. The zero-order chi connectivity index (χ0) is 18.7. The molecule has 1 atom stereocenters. The van der Waals surface area contributed by atoms with Gasteiger partial charge in [0.1, 0.15) is 19.7 Å². The fourth-order valence-electron chi connectivity index (χ4n) is 3.22. The monoisotopic (exact) mass is 357 g/mol. The van der Waals surface area contributed by atoms with Crippen LogP contribution in [0.4, 0.5) is 0 Å². The van der Waals surface area contributed by atoms with Crippen molar-refractivity contribution in [2.24, 2.45) is 0 Å². The molecule has 0 aromatic carbocycles. The van der Waals surface area contributed by atoms with Crippen LogP contribution in [-0.2, 0) is 14.3 Å². The van der Waals surface area contributed by atoms with Gasteiger partial charge in [-0.25, -0.2) is 14.5 Å². The van der Waals surface area contributed by atoms with Gasteiger partial charge in [0.2, 0.25) is 5.84 Å². The van der Waals surface area contributed by atoms with Crippen LogP contribution in [0, 0.1) is 0 Å². The van der Waals surface area contributed by atoms with E-state index >= 15 is 0 Å². The number of carboxylic acid groups (broad SMARTS) is 2. The number of aliphatic carboxylic acids is 2. The van der Waals surface area contributed by atoms with E-state index in [4.69, 9.17) is 14.9 Å². The van der Waals surface area contributed by atoms with Crippen molar-refractivity contribution >= 4 is 17.8 Å². The van der Waals surface area contributed by atoms with Gasteiger partial charge in [-0.2, -0.15) is 0 Å². The van der Waals surface area contributed by atoms with Gasteiger partial charge in [0.15, 0.2) is 12.8 Å². The van der Waals surface area contributed by atoms with Crippen molar-refractivity contribution in [3.05, 3.63) is 0 Å². The summed E-state index contributed by atoms with van der Waals surface area (Å²) in [4.78, 5) is 23.8. The Morgan fingerprint density at radius 1 is 1.12 bits per heavy atom. The standard InChI is InChI=1S/C18H32N2O5/c1-3-4-5-6-7-8-9-10-16-19(13-17(21)22)11-12-20(16)15(2)25-14-18(23)24/h15H,3-14H2,1-2H3,(H-,21,22,23,24)/p+1. The molecule has 0 aliphatic carbocycles. The van der Waals surface area contributed by atoms with Crippen molar-refractivity contribution in [1.29, 1.82) is 0 Å². The summed E-state index contributed by atoms with van der Waals surface area (Å²) in [6.07, 6.45) is 8.86. The molecule has 0 saturated carbocycles. The Morgan fingerprint density at radius 3 is 2.36 bits per heavy atom. The van der Waals surface area contributed by atoms with Crippen LogP contribution in [0.2, 0.25) is 0 Å². The Kier molecular flexibility index (Phi) is 10.1. The smallest absolute Gasteiger partial charge is 0.345 e. The molecular weight excluding hydrogens is 324 g/mol. The summed E-state index contributed by atoms with van der Waals surface area (Å²) in [6, 6.07) is 0. The highest BCUT2D eigenvalue weighted by atomic mass is 16.5. The maximum Gasteiger partial charge on any atom is 0.345 e. The maximum atomic E-state index is 11.1. The number of nitrogens with zero attached hydrogens (tertiary/aromatic N) is 2. The first-order valence-electron chi connectivity index (χ1n) is 9.38. The third-order valence-corrected chi connectivity index (χ3v) is 4.52. The van der Waals surface area contributed by atoms with Gasteiger partial charge in [-0.05, 0) is 6.42 Å². The molecular formula is C18H33N2O5+. The molecule has 25 heavy (non-hydrogen) atoms. The predicted molar refractivity (Wildman–Crippen MR) is 95.0 cm³/mol. The van der Waals surface area contributed by atoms with E-state index in [1.807, 2.05) is 16.4 Å². The minimum Gasteiger partial charge on any atom is -0.480 e. The first kappa shape index (κ1) is 21.4. The van der Waals surface area contributed by atoms with E-state index in [1.54, 1.807) is 0 Å². The fourth-order valence-corrected chi connectivity index (χ4v) is 3.22. The third-order valence-electron chi connectivity index (χ3n) is 4.52. The van der Waals surface area contributed by atoms with E-state index in [0.29, 0.717) is 13.1 Å². The maximum absolute atomic E-state index is 11.1. The van der Waals surface area contributed by atoms with E-state index in [-0.39, 0.29) is 19.4 Å². The van der Waals surface area contributed by atoms with Crippen LogP contribution >= 0.6 is 0 Å². The van der Waals surface area contributed by atoms with Gasteiger partial charge in [-0.3, -0.25) is 4.58 Å². The van der Waals surface area contributed by atoms with Gasteiger partial charge in [0, 0.05) is 13.3 Å². The zero-order valence-corrected chi connectivity index (χ0v) is 15.6. The summed E-state index contributed by atoms with van der Waals surface area (Å²) in [7, 11) is 0. The normalized spacial score (nSPS) is 15.7. The zero-order valence-electron chi connectivity index (χ0n) is 15.6. The average Bonchev–Trinajstić information content (AvgIpc) is 2.93. The van der Waals surface area contributed by atoms with Crippen LogP contribution in [0.3, 0.4) is 0 Å². The van der Waals surface area contributed by atoms with Crippen LogP contribution in [0.25, 0.3) is 0 Å². The minimum atomic E-state index is -0.998. The molecule has 1 heterocycles. The number of unbranched alkanes of at least 4 members (excludes halogenated alkanes) is 6. The molecule has 1 aliphatic heterocycles. The number of rotatable bonds is 14. The number of amidine groups is 1. The molecule has 7 heteroatoms. The number of carbonyl (C=O) groups is 2. The number of carboxylic acids is 2. The molecule has 144 valence electrons. The second-order valence-electron chi connectivity index (χ2n) is 6.60. The van der Waals surface area contributed by atoms with Crippen molar-refractivity contribution in [1.82, 2.24) is 4.90 Å². The Labute approximate surface area is 150 Å². The van der Waals surface area contributed by atoms with Gasteiger partial charge in [0.25, 0.3) is 0 Å². The third kappa shape index (κ3) is 8.34. The molecule has 0 amide bonds. The highest BCUT2D eigenvalue weighted by Gasteiger charge is 2.35. The van der Waals surface area contributed by atoms with Crippen molar-refractivity contribution < 1.29 is 29.1 Å². The molecule has 0 aromatic heterocycles. The highest BCUT2D eigenvalue weighted by Crippen LogP contribution is 2.15. The van der Waals surface area contributed by atoms with Crippen LogP contribution in [0.1, 0.15) is 65.2 Å². The quantitative estimate of drug-likeness (QED) is 0.366. The Bertz CT molecular complexity index is 464. The molecule has 0 aromatic rings. The van der Waals surface area contributed by atoms with Gasteiger partial charge in [-0.15, -0.1) is 0 Å². The molecule has 0 spiro atoms. The first-order chi connectivity index (χ1) is 12.0. The second kappa shape index (κ2) is 11.8. The Hall–Kier alpha value is -1.63. The molecule has 7 nitrogen and oxygen atoms in total. The molecule has 0 radical (unpaired) electrons. The van der Waals surface area contributed by atoms with Crippen molar-refractivity contribution in [2.45, 2.75) is 71.4 Å². The molecule has 1 aliphatic rings. The van der Waals surface area contributed by atoms with Crippen molar-refractivity contribution in [3.8, 4) is 0 Å². The van der Waals surface area contributed by atoms with E-state index in [1.165, 1.54) is 32.1 Å². The highest BCUT2D eigenvalue weighted by molar-refractivity contribution is 5.80. The minimum absolute atomic E-state index is 0.0199. The largest absolute Gasteiger partial charge is 0.480 e. The lowest BCUT2D eigenvalue weighted by Gasteiger charge is -2.20. The Balaban J connectivity index is 2.55. The van der Waals surface area contributed by atoms with E-state index in [2.05, 4.69) is 6.92 Å². The predicted octanol–water partition coefficient (Wildman–Crippen LogP) is 2.39. The van der Waals surface area contributed by atoms with Crippen LogP contribution in [0.5, 0.6) is 0 Å². The number of hydrogen-bond acceptors (Lipinski definition) is 4. The Morgan fingerprint density at radius 2 is 1.76 bits per heavy atom. The van der Waals surface area contributed by atoms with Crippen LogP contribution < -0.4 is 0 Å². The summed E-state index contributed by atoms with van der Waals surface area (Å²) >= 11 is 0. The molecule has 0 fully saturated rings. The molecule has 1 unspecified atom stereocenters. The summed E-state index contributed by atoms with van der Waals surface area (Å²) in [5.74, 6) is -0.881. The number of ether oxygens (including phenoxy) is 1. The van der Waals surface area contributed by atoms with Crippen molar-refractivity contribution in [2.75, 3.05) is 26.2 Å². The van der Waals surface area contributed by atoms with Gasteiger partial charge in [0.05, 0.1) is 0 Å². The van der Waals surface area contributed by atoms with Crippen molar-refractivity contribution in [3.63, 3.8) is 0 Å². The fraction of sp³-hybridized carbons (Fsp3) is 0.833. The SMILES string of the molecule is CCCCCCCCCC1=[N+](CC(=O)O)CCN1C(C)OCC(=O)O. The van der Waals surface area contributed by atoms with Crippen LogP contribution in [-0.4, -0.2) is 69.9 Å². The summed E-state index contributed by atoms with van der Waals surface area (Å²) in [5.41, 5.74) is 0. The topological polar surface area (TPSA) is 90.1 Å². The average molecular weight is 357 g/mol. The lowest BCUT2D eigenvalue weighted by Crippen LogP contribution is -2.40. The van der Waals surface area contributed by atoms with Gasteiger partial charge < -0.3 is 14.9 Å². The van der Waals surface area contributed by atoms with Gasteiger partial charge >= 0.3 is 11.9 Å². The molecule has 0 saturated heterocycles. The molecule has 1 rings (SSSR count). The second-order valence-corrected chi connectivity index (χ2v) is 6.60. The van der Waals surface area contributed by atoms with E-state index in [0.717, 1.165) is 25.1 Å². The van der Waals surface area contributed by atoms with Gasteiger partial charge in [-0.1, -0.05) is 45.4 Å².